The van der Waals surface area contributed by atoms with Gasteiger partial charge in [0.15, 0.2) is 0 Å². The average molecular weight is 297 g/mol. The molecule has 20 heavy (non-hydrogen) atoms. The summed E-state index contributed by atoms with van der Waals surface area (Å²) in [6, 6.07) is 5.71. The minimum atomic E-state index is -0.316. The molecule has 0 bridgehead atoms. The first-order chi connectivity index (χ1) is 9.52. The third-order valence-electron chi connectivity index (χ3n) is 4.23. The van der Waals surface area contributed by atoms with E-state index in [0.29, 0.717) is 10.9 Å². The van der Waals surface area contributed by atoms with Crippen LogP contribution >= 0.6 is 11.6 Å². The monoisotopic (exact) mass is 296 g/mol. The summed E-state index contributed by atoms with van der Waals surface area (Å²) in [7, 11) is 1.39. The highest BCUT2D eigenvalue weighted by Crippen LogP contribution is 2.32. The largest absolute Gasteiger partial charge is 0.469 e. The van der Waals surface area contributed by atoms with E-state index in [4.69, 9.17) is 16.3 Å². The van der Waals surface area contributed by atoms with Gasteiger partial charge in [0.1, 0.15) is 0 Å². The lowest BCUT2D eigenvalue weighted by Gasteiger charge is -2.16. The van der Waals surface area contributed by atoms with E-state index in [0.717, 1.165) is 36.8 Å². The van der Waals surface area contributed by atoms with Gasteiger partial charge >= 0.3 is 5.97 Å². The van der Waals surface area contributed by atoms with E-state index >= 15 is 0 Å². The molecule has 2 rings (SSSR count). The number of ether oxygens (including phenoxy) is 1. The van der Waals surface area contributed by atoms with E-state index in [9.17, 15) is 9.90 Å². The van der Waals surface area contributed by atoms with Crippen LogP contribution in [0.2, 0.25) is 5.02 Å². The first kappa shape index (κ1) is 15.3. The second-order valence-corrected chi connectivity index (χ2v) is 5.97. The minimum Gasteiger partial charge on any atom is -0.469 e. The van der Waals surface area contributed by atoms with Gasteiger partial charge in [-0.15, -0.1) is 0 Å². The van der Waals surface area contributed by atoms with Gasteiger partial charge < -0.3 is 9.84 Å². The Bertz CT molecular complexity index is 487. The molecule has 3 atom stereocenters. The molecule has 3 nitrogen and oxygen atoms in total. The van der Waals surface area contributed by atoms with Gasteiger partial charge in [-0.3, -0.25) is 4.79 Å². The molecule has 0 spiro atoms. The molecule has 1 saturated carbocycles. The van der Waals surface area contributed by atoms with Crippen molar-refractivity contribution < 1.29 is 14.6 Å². The summed E-state index contributed by atoms with van der Waals surface area (Å²) >= 11 is 6.31. The summed E-state index contributed by atoms with van der Waals surface area (Å²) in [5.41, 5.74) is 1.90. The first-order valence-electron chi connectivity index (χ1n) is 7.07. The van der Waals surface area contributed by atoms with Crippen molar-refractivity contribution in [1.29, 1.82) is 0 Å². The van der Waals surface area contributed by atoms with Gasteiger partial charge in [-0.2, -0.15) is 0 Å². The highest BCUT2D eigenvalue weighted by molar-refractivity contribution is 6.31. The van der Waals surface area contributed by atoms with Gasteiger partial charge in [0.2, 0.25) is 0 Å². The Morgan fingerprint density at radius 3 is 2.80 bits per heavy atom. The maximum absolute atomic E-state index is 11.5. The molecule has 1 fully saturated rings. The van der Waals surface area contributed by atoms with Crippen molar-refractivity contribution in [3.05, 3.63) is 34.3 Å². The summed E-state index contributed by atoms with van der Waals surface area (Å²) in [5.74, 6) is -0.278. The molecule has 0 amide bonds. The molecule has 1 aromatic rings. The Morgan fingerprint density at radius 1 is 1.50 bits per heavy atom. The average Bonchev–Trinajstić information content (AvgIpc) is 2.84. The van der Waals surface area contributed by atoms with Crippen LogP contribution in [-0.4, -0.2) is 24.3 Å². The van der Waals surface area contributed by atoms with Crippen molar-refractivity contribution in [3.8, 4) is 0 Å². The lowest BCUT2D eigenvalue weighted by Crippen LogP contribution is -2.16. The molecule has 0 heterocycles. The van der Waals surface area contributed by atoms with Crippen molar-refractivity contribution in [2.45, 2.75) is 44.6 Å². The molecule has 1 aliphatic carbocycles. The highest BCUT2D eigenvalue weighted by atomic mass is 35.5. The van der Waals surface area contributed by atoms with Crippen LogP contribution in [0.4, 0.5) is 0 Å². The number of carbonyl (C=O) groups is 1. The summed E-state index contributed by atoms with van der Waals surface area (Å²) in [4.78, 5) is 11.5. The van der Waals surface area contributed by atoms with E-state index in [-0.39, 0.29) is 18.0 Å². The lowest BCUT2D eigenvalue weighted by atomic mass is 9.93. The second kappa shape index (κ2) is 6.59. The van der Waals surface area contributed by atoms with E-state index in [1.54, 1.807) is 6.92 Å². The molecule has 1 aliphatic rings. The third kappa shape index (κ3) is 3.33. The Hall–Kier alpha value is -1.06. The van der Waals surface area contributed by atoms with Gasteiger partial charge in [0.05, 0.1) is 19.1 Å². The predicted molar refractivity (Wildman–Crippen MR) is 78.9 cm³/mol. The van der Waals surface area contributed by atoms with Crippen molar-refractivity contribution in [3.63, 3.8) is 0 Å². The number of carbonyl (C=O) groups excluding carboxylic acids is 1. The molecule has 1 aromatic carbocycles. The summed E-state index contributed by atoms with van der Waals surface area (Å²) < 4.78 is 4.74. The van der Waals surface area contributed by atoms with E-state index in [2.05, 4.69) is 0 Å². The maximum atomic E-state index is 11.5. The van der Waals surface area contributed by atoms with Crippen LogP contribution in [0.3, 0.4) is 0 Å². The number of benzene rings is 1. The zero-order valence-corrected chi connectivity index (χ0v) is 12.7. The molecule has 4 heteroatoms. The number of aliphatic hydroxyl groups excluding tert-OH is 1. The highest BCUT2D eigenvalue weighted by Gasteiger charge is 2.26. The Morgan fingerprint density at radius 2 is 2.25 bits per heavy atom. The van der Waals surface area contributed by atoms with Crippen LogP contribution in [0, 0.1) is 5.92 Å². The molecule has 0 radical (unpaired) electrons. The molecule has 0 aliphatic heterocycles. The normalized spacial score (nSPS) is 23.6. The molecular formula is C16H21ClO3. The van der Waals surface area contributed by atoms with E-state index in [1.165, 1.54) is 7.11 Å². The zero-order valence-electron chi connectivity index (χ0n) is 11.9. The molecule has 0 saturated heterocycles. The van der Waals surface area contributed by atoms with Crippen LogP contribution in [-0.2, 0) is 16.0 Å². The SMILES string of the molecule is COC(=O)C(C)c1ccc(C[C@@H]2CCC[C@@H]2O)c(Cl)c1. The van der Waals surface area contributed by atoms with Crippen LogP contribution in [0.15, 0.2) is 18.2 Å². The topological polar surface area (TPSA) is 46.5 Å². The summed E-state index contributed by atoms with van der Waals surface area (Å²) in [6.07, 6.45) is 3.62. The number of methoxy groups -OCH3 is 1. The summed E-state index contributed by atoms with van der Waals surface area (Å²) in [6.45, 7) is 1.80. The fourth-order valence-electron chi connectivity index (χ4n) is 2.85. The quantitative estimate of drug-likeness (QED) is 0.867. The molecule has 1 N–H and O–H groups in total. The zero-order chi connectivity index (χ0) is 14.7. The molecule has 110 valence electrons. The first-order valence-corrected chi connectivity index (χ1v) is 7.45. The number of aliphatic hydroxyl groups is 1. The van der Waals surface area contributed by atoms with Crippen LogP contribution in [0.25, 0.3) is 0 Å². The van der Waals surface area contributed by atoms with Gasteiger partial charge in [0, 0.05) is 5.02 Å². The molecule has 1 unspecified atom stereocenters. The number of halogens is 1. The maximum Gasteiger partial charge on any atom is 0.312 e. The minimum absolute atomic E-state index is 0.209. The van der Waals surface area contributed by atoms with Gasteiger partial charge in [-0.1, -0.05) is 30.2 Å². The Labute approximate surface area is 124 Å². The van der Waals surface area contributed by atoms with Crippen molar-refractivity contribution in [2.75, 3.05) is 7.11 Å². The number of hydrogen-bond donors (Lipinski definition) is 1. The van der Waals surface area contributed by atoms with Crippen LogP contribution < -0.4 is 0 Å². The fourth-order valence-corrected chi connectivity index (χ4v) is 3.12. The number of esters is 1. The van der Waals surface area contributed by atoms with Crippen LogP contribution in [0.5, 0.6) is 0 Å². The fraction of sp³-hybridized carbons (Fsp3) is 0.562. The number of rotatable bonds is 4. The molecule has 0 aromatic heterocycles. The second-order valence-electron chi connectivity index (χ2n) is 5.56. The van der Waals surface area contributed by atoms with Crippen molar-refractivity contribution in [1.82, 2.24) is 0 Å². The smallest absolute Gasteiger partial charge is 0.312 e. The van der Waals surface area contributed by atoms with E-state index in [1.807, 2.05) is 18.2 Å². The van der Waals surface area contributed by atoms with Crippen LogP contribution in [0.1, 0.15) is 43.2 Å². The Kier molecular flexibility index (Phi) is 5.06. The lowest BCUT2D eigenvalue weighted by molar-refractivity contribution is -0.141. The summed E-state index contributed by atoms with van der Waals surface area (Å²) in [5, 5.41) is 10.5. The van der Waals surface area contributed by atoms with E-state index < -0.39 is 0 Å². The Balaban J connectivity index is 2.11. The predicted octanol–water partition coefficient (Wildman–Crippen LogP) is 3.32. The van der Waals surface area contributed by atoms with Crippen molar-refractivity contribution >= 4 is 17.6 Å². The van der Waals surface area contributed by atoms with Crippen molar-refractivity contribution in [2.24, 2.45) is 5.92 Å². The third-order valence-corrected chi connectivity index (χ3v) is 4.58. The molecular weight excluding hydrogens is 276 g/mol. The van der Waals surface area contributed by atoms with Gasteiger partial charge in [0.25, 0.3) is 0 Å². The van der Waals surface area contributed by atoms with Gasteiger partial charge in [-0.25, -0.2) is 0 Å². The van der Waals surface area contributed by atoms with Gasteiger partial charge in [-0.05, 0) is 49.3 Å². The standard InChI is InChI=1S/C16H21ClO3/c1-10(16(19)20-2)11-6-7-12(14(17)9-11)8-13-4-3-5-15(13)18/h6-7,9-10,13,15,18H,3-5,8H2,1-2H3/t10?,13-,15-/m0/s1. The number of hydrogen-bond acceptors (Lipinski definition) is 3.